The van der Waals surface area contributed by atoms with Gasteiger partial charge >= 0.3 is 0 Å². The highest BCUT2D eigenvalue weighted by Gasteiger charge is 2.57. The second-order valence-corrected chi connectivity index (χ2v) is 8.14. The van der Waals surface area contributed by atoms with Crippen molar-refractivity contribution in [3.05, 3.63) is 29.3 Å². The number of ether oxygens (including phenoxy) is 1. The number of aryl methyl sites for hydroxylation is 1. The van der Waals surface area contributed by atoms with Crippen LogP contribution in [0, 0.1) is 24.7 Å². The van der Waals surface area contributed by atoms with Crippen LogP contribution in [0.15, 0.2) is 18.2 Å². The van der Waals surface area contributed by atoms with Crippen LogP contribution in [0.5, 0.6) is 0 Å². The summed E-state index contributed by atoms with van der Waals surface area (Å²) in [5, 5.41) is 3.16. The minimum Gasteiger partial charge on any atom is -0.381 e. The molecule has 1 saturated carbocycles. The molecule has 1 amide bonds. The van der Waals surface area contributed by atoms with Crippen molar-refractivity contribution in [1.82, 2.24) is 4.90 Å². The van der Waals surface area contributed by atoms with Crippen LogP contribution < -0.4 is 5.32 Å². The average molecular weight is 332 g/mol. The fourth-order valence-electron chi connectivity index (χ4n) is 3.76. The Labute approximate surface area is 142 Å². The van der Waals surface area contributed by atoms with Crippen molar-refractivity contribution in [1.29, 1.82) is 0 Å². The van der Waals surface area contributed by atoms with Crippen molar-refractivity contribution >= 4 is 23.4 Å². The first kappa shape index (κ1) is 15.5. The van der Waals surface area contributed by atoms with Gasteiger partial charge in [0.1, 0.15) is 0 Å². The van der Waals surface area contributed by atoms with Crippen molar-refractivity contribution < 1.29 is 9.53 Å². The third kappa shape index (κ3) is 3.28. The summed E-state index contributed by atoms with van der Waals surface area (Å²) in [6.45, 7) is 6.88. The number of hydrogen-bond donors (Lipinski definition) is 1. The van der Waals surface area contributed by atoms with E-state index in [9.17, 15) is 4.79 Å². The number of anilines is 1. The van der Waals surface area contributed by atoms with Crippen LogP contribution in [0.3, 0.4) is 0 Å². The minimum absolute atomic E-state index is 0.172. The number of fused-ring (bicyclic) bond motifs is 1. The number of nitrogens with zero attached hydrogens (tertiary/aromatic N) is 1. The summed E-state index contributed by atoms with van der Waals surface area (Å²) in [7, 11) is 0. The number of carbonyl (C=O) groups excluding carboxylic acids is 1. The van der Waals surface area contributed by atoms with Gasteiger partial charge in [-0.15, -0.1) is 0 Å². The SMILES string of the molecule is Cc1ccc(CN2CCSCC2)cc1NC(=O)C1[C@H]2COC[C@@H]12. The van der Waals surface area contributed by atoms with Crippen LogP contribution in [0.2, 0.25) is 0 Å². The first-order valence-electron chi connectivity index (χ1n) is 8.50. The maximum atomic E-state index is 12.5. The Kier molecular flexibility index (Phi) is 4.35. The van der Waals surface area contributed by atoms with Crippen LogP contribution >= 0.6 is 11.8 Å². The lowest BCUT2D eigenvalue weighted by molar-refractivity contribution is -0.118. The maximum Gasteiger partial charge on any atom is 0.228 e. The summed E-state index contributed by atoms with van der Waals surface area (Å²) >= 11 is 2.03. The standard InChI is InChI=1S/C18H24N2O2S/c1-12-2-3-13(9-20-4-6-23-7-5-20)8-16(12)19-18(21)17-14-10-22-11-15(14)17/h2-3,8,14-15,17H,4-7,9-11H2,1H3,(H,19,21)/t14-,15+,17?. The molecule has 3 aliphatic rings. The summed E-state index contributed by atoms with van der Waals surface area (Å²) in [5.41, 5.74) is 3.40. The zero-order valence-corrected chi connectivity index (χ0v) is 14.4. The van der Waals surface area contributed by atoms with E-state index in [-0.39, 0.29) is 11.8 Å². The van der Waals surface area contributed by atoms with Gasteiger partial charge in [-0.25, -0.2) is 0 Å². The van der Waals surface area contributed by atoms with Gasteiger partial charge in [-0.2, -0.15) is 11.8 Å². The van der Waals surface area contributed by atoms with E-state index >= 15 is 0 Å². The van der Waals surface area contributed by atoms with E-state index in [0.717, 1.165) is 44.1 Å². The highest BCUT2D eigenvalue weighted by molar-refractivity contribution is 7.99. The third-order valence-corrected chi connectivity index (χ3v) is 6.27. The van der Waals surface area contributed by atoms with Gasteiger partial charge in [-0.05, 0) is 36.0 Å². The maximum absolute atomic E-state index is 12.5. The highest BCUT2D eigenvalue weighted by Crippen LogP contribution is 2.51. The molecule has 2 aliphatic heterocycles. The lowest BCUT2D eigenvalue weighted by Crippen LogP contribution is -2.32. The molecule has 1 N–H and O–H groups in total. The van der Waals surface area contributed by atoms with Crippen LogP contribution in [0.25, 0.3) is 0 Å². The molecule has 1 aromatic carbocycles. The van der Waals surface area contributed by atoms with Gasteiger partial charge in [0, 0.05) is 42.7 Å². The summed E-state index contributed by atoms with van der Waals surface area (Å²) in [5.74, 6) is 3.72. The fraction of sp³-hybridized carbons (Fsp3) is 0.611. The van der Waals surface area contributed by atoms with E-state index in [2.05, 4.69) is 35.3 Å². The van der Waals surface area contributed by atoms with Crippen molar-refractivity contribution in [3.63, 3.8) is 0 Å². The Morgan fingerprint density at radius 3 is 2.78 bits per heavy atom. The Hall–Kier alpha value is -1.04. The Bertz CT molecular complexity index is 591. The van der Waals surface area contributed by atoms with Crippen molar-refractivity contribution in [2.24, 2.45) is 17.8 Å². The largest absolute Gasteiger partial charge is 0.381 e. The second-order valence-electron chi connectivity index (χ2n) is 6.92. The smallest absolute Gasteiger partial charge is 0.228 e. The monoisotopic (exact) mass is 332 g/mol. The molecule has 0 aromatic heterocycles. The van der Waals surface area contributed by atoms with Crippen LogP contribution in [0.4, 0.5) is 5.69 Å². The van der Waals surface area contributed by atoms with Crippen molar-refractivity contribution in [2.45, 2.75) is 13.5 Å². The Balaban J connectivity index is 1.41. The first-order chi connectivity index (χ1) is 11.2. The van der Waals surface area contributed by atoms with E-state index in [4.69, 9.17) is 4.74 Å². The quantitative estimate of drug-likeness (QED) is 0.919. The van der Waals surface area contributed by atoms with Gasteiger partial charge in [0.25, 0.3) is 0 Å². The number of benzene rings is 1. The number of rotatable bonds is 4. The minimum atomic E-state index is 0.172. The van der Waals surface area contributed by atoms with Crippen LogP contribution in [-0.4, -0.2) is 48.6 Å². The molecule has 4 rings (SSSR count). The molecular weight excluding hydrogens is 308 g/mol. The molecule has 1 aromatic rings. The van der Waals surface area contributed by atoms with E-state index in [1.807, 2.05) is 11.8 Å². The summed E-state index contributed by atoms with van der Waals surface area (Å²) in [4.78, 5) is 15.0. The second kappa shape index (κ2) is 6.46. The zero-order chi connectivity index (χ0) is 15.8. The van der Waals surface area contributed by atoms with Crippen LogP contribution in [-0.2, 0) is 16.1 Å². The third-order valence-electron chi connectivity index (χ3n) is 5.32. The average Bonchev–Trinajstić information content (AvgIpc) is 3.05. The Morgan fingerprint density at radius 2 is 2.04 bits per heavy atom. The number of thioether (sulfide) groups is 1. The van der Waals surface area contributed by atoms with Gasteiger partial charge in [0.05, 0.1) is 13.2 Å². The number of carbonyl (C=O) groups is 1. The van der Waals surface area contributed by atoms with Gasteiger partial charge in [0.15, 0.2) is 0 Å². The molecule has 2 saturated heterocycles. The lowest BCUT2D eigenvalue weighted by Gasteiger charge is -2.26. The Morgan fingerprint density at radius 1 is 1.30 bits per heavy atom. The van der Waals surface area contributed by atoms with Gasteiger partial charge in [-0.3, -0.25) is 9.69 Å². The normalized spacial score (nSPS) is 30.0. The van der Waals surface area contributed by atoms with E-state index < -0.39 is 0 Å². The van der Waals surface area contributed by atoms with Crippen LogP contribution in [0.1, 0.15) is 11.1 Å². The summed E-state index contributed by atoms with van der Waals surface area (Å²) in [6.07, 6.45) is 0. The van der Waals surface area contributed by atoms with Gasteiger partial charge in [0.2, 0.25) is 5.91 Å². The zero-order valence-electron chi connectivity index (χ0n) is 13.6. The molecule has 5 heteroatoms. The predicted molar refractivity (Wildman–Crippen MR) is 93.7 cm³/mol. The molecule has 3 atom stereocenters. The van der Waals surface area contributed by atoms with E-state index in [1.165, 1.54) is 17.1 Å². The number of hydrogen-bond acceptors (Lipinski definition) is 4. The number of amides is 1. The molecule has 0 bridgehead atoms. The predicted octanol–water partition coefficient (Wildman–Crippen LogP) is 2.37. The molecule has 2 heterocycles. The fourth-order valence-corrected chi connectivity index (χ4v) is 4.74. The van der Waals surface area contributed by atoms with Gasteiger partial charge < -0.3 is 10.1 Å². The molecule has 1 aliphatic carbocycles. The highest BCUT2D eigenvalue weighted by atomic mass is 32.2. The van der Waals surface area contributed by atoms with E-state index in [0.29, 0.717) is 11.8 Å². The molecule has 0 spiro atoms. The van der Waals surface area contributed by atoms with Crippen molar-refractivity contribution in [2.75, 3.05) is 43.1 Å². The topological polar surface area (TPSA) is 41.6 Å². The van der Waals surface area contributed by atoms with Gasteiger partial charge in [-0.1, -0.05) is 12.1 Å². The van der Waals surface area contributed by atoms with E-state index in [1.54, 1.807) is 0 Å². The molecule has 3 fully saturated rings. The molecular formula is C18H24N2O2S. The molecule has 4 nitrogen and oxygen atoms in total. The first-order valence-corrected chi connectivity index (χ1v) is 9.66. The molecule has 0 radical (unpaired) electrons. The summed E-state index contributed by atoms with van der Waals surface area (Å²) in [6, 6.07) is 6.47. The lowest BCUT2D eigenvalue weighted by atomic mass is 10.1. The molecule has 1 unspecified atom stereocenters. The summed E-state index contributed by atoms with van der Waals surface area (Å²) < 4.78 is 5.38. The molecule has 23 heavy (non-hydrogen) atoms. The number of nitrogens with one attached hydrogen (secondary N) is 1. The molecule has 124 valence electrons. The van der Waals surface area contributed by atoms with Crippen molar-refractivity contribution in [3.8, 4) is 0 Å².